The number of nitrogens with zero attached hydrogens (tertiary/aromatic N) is 1. The van der Waals surface area contributed by atoms with Crippen LogP contribution in [-0.2, 0) is 9.59 Å². The molecule has 0 aliphatic carbocycles. The van der Waals surface area contributed by atoms with E-state index >= 15 is 0 Å². The lowest BCUT2D eigenvalue weighted by molar-refractivity contribution is -0.150. The molecule has 1 fully saturated rings. The van der Waals surface area contributed by atoms with Gasteiger partial charge in [0, 0.05) is 13.0 Å². The average molecular weight is 346 g/mol. The average Bonchev–Trinajstić information content (AvgIpc) is 2.82. The third-order valence-corrected chi connectivity index (χ3v) is 3.80. The predicted molar refractivity (Wildman–Crippen MR) is 72.3 cm³/mol. The summed E-state index contributed by atoms with van der Waals surface area (Å²) >= 11 is 3.28. The van der Waals surface area contributed by atoms with Crippen LogP contribution in [0.2, 0.25) is 0 Å². The highest BCUT2D eigenvalue weighted by atomic mass is 79.9. The number of likely N-dealkylation sites (tertiary alicyclic amines) is 1. The van der Waals surface area contributed by atoms with E-state index in [1.807, 2.05) is 6.07 Å². The number of carboxylic acids is 1. The highest BCUT2D eigenvalue weighted by Gasteiger charge is 2.46. The fourth-order valence-electron chi connectivity index (χ4n) is 1.95. The number of hydrogen-bond acceptors (Lipinski definition) is 3. The Morgan fingerprint density at radius 1 is 1.45 bits per heavy atom. The van der Waals surface area contributed by atoms with Crippen LogP contribution in [0.3, 0.4) is 0 Å². The maximum Gasteiger partial charge on any atom is 0.343 e. The van der Waals surface area contributed by atoms with Crippen LogP contribution < -0.4 is 4.74 Å². The van der Waals surface area contributed by atoms with Crippen molar-refractivity contribution in [3.8, 4) is 5.75 Å². The first-order valence-corrected chi connectivity index (χ1v) is 6.79. The van der Waals surface area contributed by atoms with E-state index in [0.29, 0.717) is 10.2 Å². The highest BCUT2D eigenvalue weighted by Crippen LogP contribution is 2.27. The molecular weight excluding hydrogens is 333 g/mol. The van der Waals surface area contributed by atoms with Gasteiger partial charge in [-0.3, -0.25) is 4.79 Å². The molecule has 0 spiro atoms. The monoisotopic (exact) mass is 345 g/mol. The van der Waals surface area contributed by atoms with Gasteiger partial charge >= 0.3 is 5.97 Å². The quantitative estimate of drug-likeness (QED) is 0.904. The van der Waals surface area contributed by atoms with Gasteiger partial charge in [-0.25, -0.2) is 9.18 Å². The molecule has 1 heterocycles. The second-order valence-electron chi connectivity index (χ2n) is 4.55. The van der Waals surface area contributed by atoms with Crippen LogP contribution in [-0.4, -0.2) is 47.2 Å². The molecule has 1 aliphatic heterocycles. The number of benzene rings is 1. The lowest BCUT2D eigenvalue weighted by Gasteiger charge is -2.18. The second-order valence-corrected chi connectivity index (χ2v) is 5.41. The lowest BCUT2D eigenvalue weighted by Crippen LogP contribution is -2.40. The standard InChI is InChI=1S/C13H13BrFNO4/c14-9-3-1-2-4-10(9)20-7-11(17)16-6-5-13(15,8-16)12(18)19/h1-4H,5-8H2,(H,18,19). The van der Waals surface area contributed by atoms with Crippen molar-refractivity contribution in [2.45, 2.75) is 12.1 Å². The van der Waals surface area contributed by atoms with Crippen LogP contribution in [0.4, 0.5) is 4.39 Å². The summed E-state index contributed by atoms with van der Waals surface area (Å²) in [6.07, 6.45) is -0.191. The Hall–Kier alpha value is -1.63. The zero-order chi connectivity index (χ0) is 14.8. The number of halogens is 2. The molecule has 1 aromatic rings. The molecule has 2 rings (SSSR count). The Kier molecular flexibility index (Phi) is 4.27. The third kappa shape index (κ3) is 3.09. The van der Waals surface area contributed by atoms with Crippen LogP contribution in [0.15, 0.2) is 28.7 Å². The molecule has 0 bridgehead atoms. The molecule has 1 N–H and O–H groups in total. The first kappa shape index (κ1) is 14.8. The molecule has 20 heavy (non-hydrogen) atoms. The van der Waals surface area contributed by atoms with Gasteiger partial charge in [0.1, 0.15) is 5.75 Å². The Morgan fingerprint density at radius 3 is 2.75 bits per heavy atom. The summed E-state index contributed by atoms with van der Waals surface area (Å²) in [5.41, 5.74) is -2.34. The Labute approximate surface area is 123 Å². The molecule has 1 saturated heterocycles. The third-order valence-electron chi connectivity index (χ3n) is 3.14. The van der Waals surface area contributed by atoms with Gasteiger partial charge in [0.05, 0.1) is 11.0 Å². The fourth-order valence-corrected chi connectivity index (χ4v) is 2.35. The number of carbonyl (C=O) groups is 2. The summed E-state index contributed by atoms with van der Waals surface area (Å²) in [5.74, 6) is -1.45. The zero-order valence-corrected chi connectivity index (χ0v) is 12.1. The molecule has 1 atom stereocenters. The summed E-state index contributed by atoms with van der Waals surface area (Å²) in [5, 5.41) is 8.77. The van der Waals surface area contributed by atoms with Crippen molar-refractivity contribution in [3.63, 3.8) is 0 Å². The summed E-state index contributed by atoms with van der Waals surface area (Å²) < 4.78 is 19.9. The number of amides is 1. The van der Waals surface area contributed by atoms with Gasteiger partial charge in [0.15, 0.2) is 6.61 Å². The van der Waals surface area contributed by atoms with E-state index in [9.17, 15) is 14.0 Å². The summed E-state index contributed by atoms with van der Waals surface area (Å²) in [4.78, 5) is 23.8. The van der Waals surface area contributed by atoms with E-state index in [1.54, 1.807) is 18.2 Å². The van der Waals surface area contributed by atoms with Crippen LogP contribution in [0.25, 0.3) is 0 Å². The maximum absolute atomic E-state index is 13.8. The smallest absolute Gasteiger partial charge is 0.343 e. The van der Waals surface area contributed by atoms with E-state index in [4.69, 9.17) is 9.84 Å². The van der Waals surface area contributed by atoms with Crippen LogP contribution in [0, 0.1) is 0 Å². The number of carbonyl (C=O) groups excluding carboxylic acids is 1. The molecule has 5 nitrogen and oxygen atoms in total. The van der Waals surface area contributed by atoms with Crippen LogP contribution >= 0.6 is 15.9 Å². The Balaban J connectivity index is 1.91. The SMILES string of the molecule is O=C(COc1ccccc1Br)N1CCC(F)(C(=O)O)C1. The molecule has 1 aromatic carbocycles. The van der Waals surface area contributed by atoms with Crippen molar-refractivity contribution in [1.82, 2.24) is 4.90 Å². The topological polar surface area (TPSA) is 66.8 Å². The number of aliphatic carboxylic acids is 1. The van der Waals surface area contributed by atoms with E-state index < -0.39 is 24.1 Å². The van der Waals surface area contributed by atoms with Gasteiger partial charge in [-0.1, -0.05) is 12.1 Å². The minimum atomic E-state index is -2.34. The second kappa shape index (κ2) is 5.78. The molecule has 0 radical (unpaired) electrons. The van der Waals surface area contributed by atoms with Gasteiger partial charge < -0.3 is 14.7 Å². The number of para-hydroxylation sites is 1. The minimum absolute atomic E-state index is 0.0843. The maximum atomic E-state index is 13.8. The Morgan fingerprint density at radius 2 is 2.15 bits per heavy atom. The normalized spacial score (nSPS) is 21.8. The minimum Gasteiger partial charge on any atom is -0.483 e. The van der Waals surface area contributed by atoms with E-state index in [1.165, 1.54) is 4.90 Å². The number of ether oxygens (including phenoxy) is 1. The largest absolute Gasteiger partial charge is 0.483 e. The van der Waals surface area contributed by atoms with Crippen molar-refractivity contribution in [1.29, 1.82) is 0 Å². The zero-order valence-electron chi connectivity index (χ0n) is 10.5. The molecule has 1 unspecified atom stereocenters. The van der Waals surface area contributed by atoms with Crippen LogP contribution in [0.5, 0.6) is 5.75 Å². The number of hydrogen-bond donors (Lipinski definition) is 1. The molecule has 7 heteroatoms. The number of carboxylic acid groups (broad SMARTS) is 1. The lowest BCUT2D eigenvalue weighted by atomic mass is 10.1. The van der Waals surface area contributed by atoms with Gasteiger partial charge in [-0.05, 0) is 28.1 Å². The summed E-state index contributed by atoms with van der Waals surface area (Å²) in [6.45, 7) is -0.597. The fraction of sp³-hybridized carbons (Fsp3) is 0.385. The van der Waals surface area contributed by atoms with Crippen molar-refractivity contribution in [3.05, 3.63) is 28.7 Å². The molecule has 0 saturated carbocycles. The molecular formula is C13H13BrFNO4. The van der Waals surface area contributed by atoms with Gasteiger partial charge in [0.25, 0.3) is 5.91 Å². The number of rotatable bonds is 4. The molecule has 1 aliphatic rings. The van der Waals surface area contributed by atoms with Gasteiger partial charge in [0.2, 0.25) is 5.67 Å². The molecule has 108 valence electrons. The summed E-state index contributed by atoms with van der Waals surface area (Å²) in [7, 11) is 0. The van der Waals surface area contributed by atoms with Gasteiger partial charge in [-0.2, -0.15) is 0 Å². The summed E-state index contributed by atoms with van der Waals surface area (Å²) in [6, 6.07) is 7.03. The van der Waals surface area contributed by atoms with E-state index in [-0.39, 0.29) is 19.6 Å². The molecule has 1 amide bonds. The predicted octanol–water partition coefficient (Wildman–Crippen LogP) is 1.85. The van der Waals surface area contributed by atoms with Gasteiger partial charge in [-0.15, -0.1) is 0 Å². The first-order valence-electron chi connectivity index (χ1n) is 6.00. The first-order chi connectivity index (χ1) is 9.42. The highest BCUT2D eigenvalue weighted by molar-refractivity contribution is 9.10. The van der Waals surface area contributed by atoms with Crippen LogP contribution in [0.1, 0.15) is 6.42 Å². The molecule has 0 aromatic heterocycles. The van der Waals surface area contributed by atoms with Crippen molar-refractivity contribution < 1.29 is 23.8 Å². The van der Waals surface area contributed by atoms with Crippen molar-refractivity contribution in [2.24, 2.45) is 0 Å². The number of alkyl halides is 1. The van der Waals surface area contributed by atoms with E-state index in [2.05, 4.69) is 15.9 Å². The van der Waals surface area contributed by atoms with Crippen molar-refractivity contribution in [2.75, 3.05) is 19.7 Å². The van der Waals surface area contributed by atoms with E-state index in [0.717, 1.165) is 0 Å². The Bertz CT molecular complexity index is 539. The van der Waals surface area contributed by atoms with Crippen molar-refractivity contribution >= 4 is 27.8 Å².